The Hall–Kier alpha value is -0.150. The van der Waals surface area contributed by atoms with Crippen molar-refractivity contribution in [2.45, 2.75) is 31.8 Å². The van der Waals surface area contributed by atoms with Gasteiger partial charge in [-0.3, -0.25) is 0 Å². The van der Waals surface area contributed by atoms with Crippen LogP contribution in [0.1, 0.15) is 19.8 Å². The Bertz CT molecular complexity index is 488. The normalized spacial score (nSPS) is 27.7. The Morgan fingerprint density at radius 1 is 1.11 bits per heavy atom. The number of nitrogens with zero attached hydrogens (tertiary/aromatic N) is 1. The van der Waals surface area contributed by atoms with Gasteiger partial charge in [-0.1, -0.05) is 34.8 Å². The van der Waals surface area contributed by atoms with E-state index in [1.165, 1.54) is 12.8 Å². The van der Waals surface area contributed by atoms with Crippen LogP contribution in [-0.2, 0) is 0 Å². The maximum Gasteiger partial charge on any atom is 0.0655 e. The van der Waals surface area contributed by atoms with Crippen molar-refractivity contribution in [3.05, 3.63) is 27.2 Å². The lowest BCUT2D eigenvalue weighted by molar-refractivity contribution is 0.376. The summed E-state index contributed by atoms with van der Waals surface area (Å²) in [5.74, 6) is 0.830. The Balaban J connectivity index is 1.88. The third-order valence-electron chi connectivity index (χ3n) is 4.09. The monoisotopic (exact) mass is 318 g/mol. The summed E-state index contributed by atoms with van der Waals surface area (Å²) in [6, 6.07) is 4.60. The van der Waals surface area contributed by atoms with Gasteiger partial charge in [-0.2, -0.15) is 0 Å². The second-order valence-electron chi connectivity index (χ2n) is 5.57. The number of anilines is 1. The van der Waals surface area contributed by atoms with Crippen molar-refractivity contribution in [3.8, 4) is 0 Å². The number of rotatable bonds is 2. The van der Waals surface area contributed by atoms with Gasteiger partial charge in [0.2, 0.25) is 0 Å². The zero-order chi connectivity index (χ0) is 13.6. The van der Waals surface area contributed by atoms with Crippen molar-refractivity contribution in [2.75, 3.05) is 18.0 Å². The van der Waals surface area contributed by atoms with Crippen LogP contribution in [0.4, 0.5) is 5.69 Å². The summed E-state index contributed by atoms with van der Waals surface area (Å²) in [4.78, 5) is 2.35. The van der Waals surface area contributed by atoms with E-state index in [0.717, 1.165) is 24.7 Å². The highest BCUT2D eigenvalue weighted by molar-refractivity contribution is 6.44. The first-order valence-electron chi connectivity index (χ1n) is 6.71. The third-order valence-corrected chi connectivity index (χ3v) is 5.12. The first kappa shape index (κ1) is 13.8. The molecule has 1 aromatic rings. The van der Waals surface area contributed by atoms with E-state index in [4.69, 9.17) is 34.8 Å². The second kappa shape index (κ2) is 5.33. The molecule has 1 saturated carbocycles. The molecule has 19 heavy (non-hydrogen) atoms. The molecule has 0 spiro atoms. The fourth-order valence-corrected chi connectivity index (χ4v) is 3.42. The van der Waals surface area contributed by atoms with Crippen LogP contribution in [-0.4, -0.2) is 25.2 Å². The number of halogens is 3. The number of nitrogens with one attached hydrogen (secondary N) is 1. The molecule has 5 heteroatoms. The minimum Gasteiger partial charge on any atom is -0.365 e. The predicted octanol–water partition coefficient (Wildman–Crippen LogP) is 4.22. The lowest BCUT2D eigenvalue weighted by Gasteiger charge is -2.41. The molecule has 0 bridgehead atoms. The fraction of sp³-hybridized carbons (Fsp3) is 0.571. The van der Waals surface area contributed by atoms with Gasteiger partial charge in [-0.05, 0) is 37.8 Å². The summed E-state index contributed by atoms with van der Waals surface area (Å²) in [5.41, 5.74) is 0.996. The Kier molecular flexibility index (Phi) is 3.87. The predicted molar refractivity (Wildman–Crippen MR) is 82.8 cm³/mol. The van der Waals surface area contributed by atoms with Gasteiger partial charge in [0.05, 0.1) is 20.8 Å². The summed E-state index contributed by atoms with van der Waals surface area (Å²) < 4.78 is 0. The molecule has 1 aromatic carbocycles. The Morgan fingerprint density at radius 2 is 1.79 bits per heavy atom. The van der Waals surface area contributed by atoms with Crippen LogP contribution >= 0.6 is 34.8 Å². The molecule has 2 nitrogen and oxygen atoms in total. The Labute approximate surface area is 129 Å². The van der Waals surface area contributed by atoms with E-state index in [2.05, 4.69) is 17.1 Å². The molecule has 1 saturated heterocycles. The maximum absolute atomic E-state index is 6.34. The molecule has 0 amide bonds. The van der Waals surface area contributed by atoms with Crippen LogP contribution in [0.15, 0.2) is 12.1 Å². The van der Waals surface area contributed by atoms with Gasteiger partial charge in [0.1, 0.15) is 0 Å². The number of hydrogen-bond acceptors (Lipinski definition) is 2. The van der Waals surface area contributed by atoms with Crippen molar-refractivity contribution in [2.24, 2.45) is 5.92 Å². The van der Waals surface area contributed by atoms with Crippen LogP contribution < -0.4 is 10.2 Å². The molecular weight excluding hydrogens is 303 g/mol. The summed E-state index contributed by atoms with van der Waals surface area (Å²) >= 11 is 18.5. The van der Waals surface area contributed by atoms with Gasteiger partial charge in [-0.15, -0.1) is 0 Å². The third kappa shape index (κ3) is 2.82. The maximum atomic E-state index is 6.34. The van der Waals surface area contributed by atoms with Gasteiger partial charge in [0.15, 0.2) is 0 Å². The number of piperazine rings is 1. The number of hydrogen-bond donors (Lipinski definition) is 1. The van der Waals surface area contributed by atoms with Crippen LogP contribution in [0.25, 0.3) is 0 Å². The van der Waals surface area contributed by atoms with E-state index in [1.807, 2.05) is 6.07 Å². The van der Waals surface area contributed by atoms with Crippen molar-refractivity contribution >= 4 is 40.5 Å². The average Bonchev–Trinajstić information content (AvgIpc) is 3.19. The summed E-state index contributed by atoms with van der Waals surface area (Å²) in [7, 11) is 0. The molecule has 104 valence electrons. The molecule has 2 fully saturated rings. The molecule has 1 aliphatic carbocycles. The van der Waals surface area contributed by atoms with Gasteiger partial charge >= 0.3 is 0 Å². The van der Waals surface area contributed by atoms with Crippen molar-refractivity contribution < 1.29 is 0 Å². The standard InChI is InChI=1S/C14H17Cl3N2/c1-8-6-18-13(9-2-3-9)7-19(8)14-5-11(16)10(15)4-12(14)17/h4-5,8-9,13,18H,2-3,6-7H2,1H3. The largest absolute Gasteiger partial charge is 0.365 e. The van der Waals surface area contributed by atoms with E-state index in [1.54, 1.807) is 6.07 Å². The zero-order valence-electron chi connectivity index (χ0n) is 10.8. The molecule has 2 unspecified atom stereocenters. The van der Waals surface area contributed by atoms with Crippen LogP contribution in [0.3, 0.4) is 0 Å². The van der Waals surface area contributed by atoms with E-state index in [9.17, 15) is 0 Å². The van der Waals surface area contributed by atoms with E-state index in [0.29, 0.717) is 27.2 Å². The highest BCUT2D eigenvalue weighted by Gasteiger charge is 2.36. The van der Waals surface area contributed by atoms with Crippen molar-refractivity contribution in [1.29, 1.82) is 0 Å². The topological polar surface area (TPSA) is 15.3 Å². The van der Waals surface area contributed by atoms with Crippen LogP contribution in [0, 0.1) is 5.92 Å². The van der Waals surface area contributed by atoms with Crippen molar-refractivity contribution in [3.63, 3.8) is 0 Å². The fourth-order valence-electron chi connectivity index (χ4n) is 2.77. The average molecular weight is 320 g/mol. The quantitative estimate of drug-likeness (QED) is 0.821. The second-order valence-corrected chi connectivity index (χ2v) is 6.79. The van der Waals surface area contributed by atoms with Gasteiger partial charge in [0.25, 0.3) is 0 Å². The molecule has 1 aliphatic heterocycles. The molecular formula is C14H17Cl3N2. The minimum atomic E-state index is 0.407. The minimum absolute atomic E-state index is 0.407. The lowest BCUT2D eigenvalue weighted by Crippen LogP contribution is -2.56. The first-order chi connectivity index (χ1) is 9.06. The van der Waals surface area contributed by atoms with Crippen molar-refractivity contribution in [1.82, 2.24) is 5.32 Å². The molecule has 1 N–H and O–H groups in total. The summed E-state index contributed by atoms with van der Waals surface area (Å²) in [6.45, 7) is 4.18. The zero-order valence-corrected chi connectivity index (χ0v) is 13.1. The molecule has 3 rings (SSSR count). The number of benzene rings is 1. The van der Waals surface area contributed by atoms with Gasteiger partial charge in [0, 0.05) is 25.2 Å². The van der Waals surface area contributed by atoms with E-state index in [-0.39, 0.29) is 0 Å². The summed E-state index contributed by atoms with van der Waals surface area (Å²) in [6.07, 6.45) is 2.68. The first-order valence-corrected chi connectivity index (χ1v) is 7.84. The van der Waals surface area contributed by atoms with E-state index >= 15 is 0 Å². The molecule has 2 atom stereocenters. The van der Waals surface area contributed by atoms with Crippen LogP contribution in [0.2, 0.25) is 15.1 Å². The molecule has 0 radical (unpaired) electrons. The SMILES string of the molecule is CC1CNC(C2CC2)CN1c1cc(Cl)c(Cl)cc1Cl. The van der Waals surface area contributed by atoms with Gasteiger partial charge < -0.3 is 10.2 Å². The molecule has 2 aliphatic rings. The van der Waals surface area contributed by atoms with E-state index < -0.39 is 0 Å². The molecule has 1 heterocycles. The smallest absolute Gasteiger partial charge is 0.0655 e. The van der Waals surface area contributed by atoms with Gasteiger partial charge in [-0.25, -0.2) is 0 Å². The lowest BCUT2D eigenvalue weighted by atomic mass is 10.1. The van der Waals surface area contributed by atoms with Crippen LogP contribution in [0.5, 0.6) is 0 Å². The Morgan fingerprint density at radius 3 is 2.47 bits per heavy atom. The molecule has 0 aromatic heterocycles. The summed E-state index contributed by atoms with van der Waals surface area (Å²) in [5, 5.41) is 5.39. The highest BCUT2D eigenvalue weighted by Crippen LogP contribution is 2.39. The highest BCUT2D eigenvalue weighted by atomic mass is 35.5.